The summed E-state index contributed by atoms with van der Waals surface area (Å²) in [6.07, 6.45) is 4.43. The summed E-state index contributed by atoms with van der Waals surface area (Å²) in [6.45, 7) is 13.2. The molecule has 0 radical (unpaired) electrons. The molecule has 0 bridgehead atoms. The van der Waals surface area contributed by atoms with Gasteiger partial charge < -0.3 is 5.32 Å². The lowest BCUT2D eigenvalue weighted by Gasteiger charge is -2.17. The molecule has 1 N–H and O–H groups in total. The Morgan fingerprint density at radius 3 is 2.08 bits per heavy atom. The first kappa shape index (κ1) is 19.8. The minimum Gasteiger partial charge on any atom is -0.381 e. The maximum absolute atomic E-state index is 3.47. The van der Waals surface area contributed by atoms with Crippen LogP contribution in [0.2, 0.25) is 0 Å². The fourth-order valence-corrected chi connectivity index (χ4v) is 2.55. The quantitative estimate of drug-likeness (QED) is 0.656. The Hall–Kier alpha value is -2.28. The van der Waals surface area contributed by atoms with Gasteiger partial charge in [-0.3, -0.25) is 0 Å². The fourth-order valence-electron chi connectivity index (χ4n) is 2.55. The second kappa shape index (κ2) is 10.5. The van der Waals surface area contributed by atoms with E-state index in [0.29, 0.717) is 0 Å². The molecule has 0 amide bonds. The standard InChI is InChI=1S/C19H19N.2C2H6/c1-14-10-11-20-19(12-14)18-13-17(9-8-15(18)2)16-6-4-3-5-7-16;2*1-2/h3-10,12-13,20H,11H2,1-2H3;2*1-2H3. The molecular formula is C23H31N. The Labute approximate surface area is 148 Å². The largest absolute Gasteiger partial charge is 0.381 e. The summed E-state index contributed by atoms with van der Waals surface area (Å²) in [5.74, 6) is 0. The van der Waals surface area contributed by atoms with Crippen molar-refractivity contribution in [3.05, 3.63) is 77.4 Å². The fraction of sp³-hybridized carbons (Fsp3) is 0.304. The molecule has 0 atom stereocenters. The Morgan fingerprint density at radius 2 is 1.46 bits per heavy atom. The van der Waals surface area contributed by atoms with Gasteiger partial charge in [0.1, 0.15) is 0 Å². The van der Waals surface area contributed by atoms with Gasteiger partial charge in [-0.25, -0.2) is 0 Å². The SMILES string of the molecule is CC.CC.CC1=CCNC(c2cc(-c3ccccc3)ccc2C)=C1. The number of allylic oxidation sites excluding steroid dienone is 2. The van der Waals surface area contributed by atoms with Crippen LogP contribution in [0.5, 0.6) is 0 Å². The molecule has 2 aromatic carbocycles. The number of rotatable bonds is 2. The molecule has 0 aliphatic carbocycles. The highest BCUT2D eigenvalue weighted by Gasteiger charge is 2.09. The lowest BCUT2D eigenvalue weighted by molar-refractivity contribution is 0.979. The molecule has 0 unspecified atom stereocenters. The van der Waals surface area contributed by atoms with E-state index in [1.807, 2.05) is 27.7 Å². The first-order valence-corrected chi connectivity index (χ1v) is 9.03. The molecular weight excluding hydrogens is 290 g/mol. The molecule has 0 fully saturated rings. The molecule has 24 heavy (non-hydrogen) atoms. The van der Waals surface area contributed by atoms with Crippen molar-refractivity contribution in [2.45, 2.75) is 41.5 Å². The minimum absolute atomic E-state index is 0.909. The predicted octanol–water partition coefficient (Wildman–Crippen LogP) is 6.60. The summed E-state index contributed by atoms with van der Waals surface area (Å²) < 4.78 is 0. The van der Waals surface area contributed by atoms with Crippen molar-refractivity contribution >= 4 is 5.70 Å². The second-order valence-electron chi connectivity index (χ2n) is 5.28. The van der Waals surface area contributed by atoms with E-state index in [9.17, 15) is 0 Å². The first-order valence-electron chi connectivity index (χ1n) is 9.03. The van der Waals surface area contributed by atoms with Gasteiger partial charge in [0.2, 0.25) is 0 Å². The number of hydrogen-bond donors (Lipinski definition) is 1. The third-order valence-electron chi connectivity index (χ3n) is 3.72. The van der Waals surface area contributed by atoms with Crippen LogP contribution in [0.1, 0.15) is 45.7 Å². The van der Waals surface area contributed by atoms with Crippen LogP contribution in [-0.2, 0) is 0 Å². The molecule has 1 aliphatic rings. The molecule has 2 aromatic rings. The van der Waals surface area contributed by atoms with Crippen LogP contribution in [0, 0.1) is 6.92 Å². The number of dihydropyridines is 1. The van der Waals surface area contributed by atoms with E-state index >= 15 is 0 Å². The monoisotopic (exact) mass is 321 g/mol. The third kappa shape index (κ3) is 5.13. The van der Waals surface area contributed by atoms with Crippen molar-refractivity contribution < 1.29 is 0 Å². The maximum Gasteiger partial charge on any atom is 0.0421 e. The summed E-state index contributed by atoms with van der Waals surface area (Å²) in [4.78, 5) is 0. The van der Waals surface area contributed by atoms with Crippen LogP contribution in [0.3, 0.4) is 0 Å². The highest BCUT2D eigenvalue weighted by molar-refractivity contribution is 5.75. The molecule has 1 nitrogen and oxygen atoms in total. The lowest BCUT2D eigenvalue weighted by atomic mass is 9.96. The Morgan fingerprint density at radius 1 is 0.792 bits per heavy atom. The van der Waals surface area contributed by atoms with Crippen LogP contribution in [0.4, 0.5) is 0 Å². The summed E-state index contributed by atoms with van der Waals surface area (Å²) in [7, 11) is 0. The van der Waals surface area contributed by atoms with Crippen LogP contribution < -0.4 is 5.32 Å². The van der Waals surface area contributed by atoms with Crippen molar-refractivity contribution in [3.63, 3.8) is 0 Å². The zero-order chi connectivity index (χ0) is 17.9. The zero-order valence-electron chi connectivity index (χ0n) is 16.0. The predicted molar refractivity (Wildman–Crippen MR) is 109 cm³/mol. The number of nitrogens with one attached hydrogen (secondary N) is 1. The lowest BCUT2D eigenvalue weighted by Crippen LogP contribution is -2.16. The second-order valence-corrected chi connectivity index (χ2v) is 5.28. The molecule has 0 saturated heterocycles. The zero-order valence-corrected chi connectivity index (χ0v) is 16.0. The summed E-state index contributed by atoms with van der Waals surface area (Å²) in [5.41, 5.74) is 7.67. The Bertz CT molecular complexity index is 678. The van der Waals surface area contributed by atoms with Crippen molar-refractivity contribution in [1.82, 2.24) is 5.32 Å². The Kier molecular flexibility index (Phi) is 8.64. The molecule has 1 heterocycles. The van der Waals surface area contributed by atoms with E-state index in [0.717, 1.165) is 6.54 Å². The molecule has 1 heteroatoms. The summed E-state index contributed by atoms with van der Waals surface area (Å²) in [5, 5.41) is 3.47. The third-order valence-corrected chi connectivity index (χ3v) is 3.72. The number of hydrogen-bond acceptors (Lipinski definition) is 1. The van der Waals surface area contributed by atoms with Crippen molar-refractivity contribution in [2.24, 2.45) is 0 Å². The van der Waals surface area contributed by atoms with Gasteiger partial charge in [0.05, 0.1) is 0 Å². The van der Waals surface area contributed by atoms with Crippen molar-refractivity contribution in [1.29, 1.82) is 0 Å². The van der Waals surface area contributed by atoms with E-state index in [4.69, 9.17) is 0 Å². The van der Waals surface area contributed by atoms with E-state index in [2.05, 4.69) is 79.8 Å². The van der Waals surface area contributed by atoms with Gasteiger partial charge in [0, 0.05) is 17.8 Å². The highest BCUT2D eigenvalue weighted by atomic mass is 14.9. The van der Waals surface area contributed by atoms with E-state index in [1.54, 1.807) is 0 Å². The van der Waals surface area contributed by atoms with Gasteiger partial charge in [-0.05, 0) is 42.7 Å². The van der Waals surface area contributed by atoms with Gasteiger partial charge >= 0.3 is 0 Å². The van der Waals surface area contributed by atoms with E-state index in [-0.39, 0.29) is 0 Å². The first-order chi connectivity index (χ1) is 11.7. The summed E-state index contributed by atoms with van der Waals surface area (Å²) in [6, 6.07) is 17.2. The average molecular weight is 322 g/mol. The molecule has 0 aromatic heterocycles. The van der Waals surface area contributed by atoms with Crippen molar-refractivity contribution in [2.75, 3.05) is 6.54 Å². The van der Waals surface area contributed by atoms with Crippen LogP contribution in [-0.4, -0.2) is 6.54 Å². The molecule has 128 valence electrons. The van der Waals surface area contributed by atoms with E-state index < -0.39 is 0 Å². The molecule has 0 spiro atoms. The number of aryl methyl sites for hydroxylation is 1. The van der Waals surface area contributed by atoms with Crippen LogP contribution in [0.15, 0.2) is 66.3 Å². The van der Waals surface area contributed by atoms with Crippen LogP contribution in [0.25, 0.3) is 16.8 Å². The highest BCUT2D eigenvalue weighted by Crippen LogP contribution is 2.27. The van der Waals surface area contributed by atoms with Crippen LogP contribution >= 0.6 is 0 Å². The average Bonchev–Trinajstić information content (AvgIpc) is 2.66. The normalized spacial score (nSPS) is 12.4. The van der Waals surface area contributed by atoms with Gasteiger partial charge in [-0.15, -0.1) is 0 Å². The Balaban J connectivity index is 0.000000671. The van der Waals surface area contributed by atoms with Gasteiger partial charge in [0.15, 0.2) is 0 Å². The van der Waals surface area contributed by atoms with Gasteiger partial charge in [-0.2, -0.15) is 0 Å². The molecule has 3 rings (SSSR count). The van der Waals surface area contributed by atoms with E-state index in [1.165, 1.54) is 33.5 Å². The summed E-state index contributed by atoms with van der Waals surface area (Å²) >= 11 is 0. The molecule has 1 aliphatic heterocycles. The topological polar surface area (TPSA) is 12.0 Å². The van der Waals surface area contributed by atoms with Gasteiger partial charge in [-0.1, -0.05) is 81.8 Å². The maximum atomic E-state index is 3.47. The molecule has 0 saturated carbocycles. The number of benzene rings is 2. The minimum atomic E-state index is 0.909. The van der Waals surface area contributed by atoms with Gasteiger partial charge in [0.25, 0.3) is 0 Å². The van der Waals surface area contributed by atoms with Crippen molar-refractivity contribution in [3.8, 4) is 11.1 Å². The smallest absolute Gasteiger partial charge is 0.0421 e.